The summed E-state index contributed by atoms with van der Waals surface area (Å²) in [6.07, 6.45) is 0.979. The first kappa shape index (κ1) is 9.24. The van der Waals surface area contributed by atoms with Gasteiger partial charge in [-0.2, -0.15) is 0 Å². The van der Waals surface area contributed by atoms with Gasteiger partial charge in [-0.3, -0.25) is 0 Å². The highest BCUT2D eigenvalue weighted by atomic mass is 16.5. The maximum atomic E-state index is 11.2. The molecule has 0 aliphatic rings. The summed E-state index contributed by atoms with van der Waals surface area (Å²) in [7, 11) is 0. The van der Waals surface area contributed by atoms with Crippen molar-refractivity contribution in [3.63, 3.8) is 0 Å². The van der Waals surface area contributed by atoms with Crippen LogP contribution in [0.5, 0.6) is 0 Å². The molecular weight excluding hydrogens is 174 g/mol. The Labute approximate surface area is 74.5 Å². The second-order valence-electron chi connectivity index (χ2n) is 2.59. The highest BCUT2D eigenvalue weighted by Crippen LogP contribution is 1.92. The summed E-state index contributed by atoms with van der Waals surface area (Å²) in [5.41, 5.74) is 0.504. The summed E-state index contributed by atoms with van der Waals surface area (Å²) in [4.78, 5) is 0. The first-order valence-corrected chi connectivity index (χ1v) is 3.58. The second kappa shape index (κ2) is 3.26. The van der Waals surface area contributed by atoms with Gasteiger partial charge in [-0.25, -0.2) is 0 Å². The third-order valence-corrected chi connectivity index (χ3v) is 1.69. The van der Waals surface area contributed by atoms with Gasteiger partial charge in [0.05, 0.1) is 13.0 Å². The van der Waals surface area contributed by atoms with E-state index in [1.165, 1.54) is 13.0 Å². The standard InChI is InChI=1S/C7H9N3O3/c1-5-3-7(4-8-11)10(13)6(2)9(5)12/h3-4,11H,1-2H3/b8-4+. The van der Waals surface area contributed by atoms with Crippen LogP contribution in [0.3, 0.4) is 0 Å². The van der Waals surface area contributed by atoms with Gasteiger partial charge in [-0.15, -0.1) is 9.46 Å². The summed E-state index contributed by atoms with van der Waals surface area (Å²) in [5.74, 6) is -0.00472. The van der Waals surface area contributed by atoms with Gasteiger partial charge in [0.25, 0.3) is 0 Å². The molecule has 0 atom stereocenters. The number of aromatic nitrogens is 2. The molecular formula is C7H9N3O3. The first-order chi connectivity index (χ1) is 6.07. The van der Waals surface area contributed by atoms with E-state index in [1.807, 2.05) is 0 Å². The van der Waals surface area contributed by atoms with Gasteiger partial charge in [0, 0.05) is 6.92 Å². The maximum absolute atomic E-state index is 11.2. The van der Waals surface area contributed by atoms with Crippen LogP contribution >= 0.6 is 0 Å². The van der Waals surface area contributed by atoms with Crippen molar-refractivity contribution in [2.24, 2.45) is 5.16 Å². The zero-order valence-corrected chi connectivity index (χ0v) is 7.26. The predicted molar refractivity (Wildman–Crippen MR) is 43.2 cm³/mol. The summed E-state index contributed by atoms with van der Waals surface area (Å²) in [6, 6.07) is 1.34. The molecule has 1 aromatic rings. The van der Waals surface area contributed by atoms with Gasteiger partial charge in [0.1, 0.15) is 6.21 Å². The zero-order valence-electron chi connectivity index (χ0n) is 7.26. The molecule has 0 aliphatic heterocycles. The lowest BCUT2D eigenvalue weighted by Crippen LogP contribution is -2.50. The van der Waals surface area contributed by atoms with Crippen LogP contribution in [-0.4, -0.2) is 11.4 Å². The van der Waals surface area contributed by atoms with Crippen LogP contribution in [0.2, 0.25) is 0 Å². The fourth-order valence-electron chi connectivity index (χ4n) is 1.00. The molecule has 6 nitrogen and oxygen atoms in total. The van der Waals surface area contributed by atoms with Crippen molar-refractivity contribution in [1.82, 2.24) is 0 Å². The van der Waals surface area contributed by atoms with Crippen LogP contribution in [0, 0.1) is 24.3 Å². The number of oxime groups is 1. The number of hydrogen-bond acceptors (Lipinski definition) is 4. The van der Waals surface area contributed by atoms with E-state index >= 15 is 0 Å². The molecule has 0 aliphatic carbocycles. The molecule has 0 unspecified atom stereocenters. The van der Waals surface area contributed by atoms with E-state index in [0.29, 0.717) is 15.2 Å². The zero-order chi connectivity index (χ0) is 10.0. The van der Waals surface area contributed by atoms with Crippen molar-refractivity contribution < 1.29 is 14.7 Å². The van der Waals surface area contributed by atoms with Gasteiger partial charge in [-0.05, 0) is 0 Å². The molecule has 0 radical (unpaired) electrons. The summed E-state index contributed by atoms with van der Waals surface area (Å²) >= 11 is 0. The molecule has 1 rings (SSSR count). The number of hydrogen-bond donors (Lipinski definition) is 1. The molecule has 0 aromatic carbocycles. The lowest BCUT2D eigenvalue weighted by atomic mass is 10.3. The quantitative estimate of drug-likeness (QED) is 0.207. The molecule has 0 amide bonds. The van der Waals surface area contributed by atoms with Gasteiger partial charge in [0.15, 0.2) is 0 Å². The summed E-state index contributed by atoms with van der Waals surface area (Å²) in [6.45, 7) is 2.95. The van der Waals surface area contributed by atoms with Gasteiger partial charge in [0.2, 0.25) is 11.4 Å². The fourth-order valence-corrected chi connectivity index (χ4v) is 1.00. The first-order valence-electron chi connectivity index (χ1n) is 3.58. The van der Waals surface area contributed by atoms with Gasteiger partial charge in [-0.1, -0.05) is 5.16 Å². The minimum absolute atomic E-state index is 0.00472. The van der Waals surface area contributed by atoms with Crippen molar-refractivity contribution in [2.45, 2.75) is 13.8 Å². The Bertz CT molecular complexity index is 362. The molecule has 6 heteroatoms. The van der Waals surface area contributed by atoms with Crippen molar-refractivity contribution in [1.29, 1.82) is 0 Å². The van der Waals surface area contributed by atoms with Crippen LogP contribution in [0.25, 0.3) is 0 Å². The Kier molecular flexibility index (Phi) is 2.32. The summed E-state index contributed by atoms with van der Waals surface area (Å²) in [5, 5.41) is 33.3. The molecule has 0 spiro atoms. The van der Waals surface area contributed by atoms with Crippen LogP contribution in [-0.2, 0) is 0 Å². The van der Waals surface area contributed by atoms with E-state index in [9.17, 15) is 10.4 Å². The minimum Gasteiger partial charge on any atom is -0.614 e. The van der Waals surface area contributed by atoms with Crippen molar-refractivity contribution in [2.75, 3.05) is 0 Å². The Hall–Kier alpha value is -1.85. The molecule has 0 bridgehead atoms. The van der Waals surface area contributed by atoms with Crippen molar-refractivity contribution in [3.05, 3.63) is 33.7 Å². The lowest BCUT2D eigenvalue weighted by Gasteiger charge is -2.05. The molecule has 0 saturated carbocycles. The van der Waals surface area contributed by atoms with Gasteiger partial charge < -0.3 is 15.6 Å². The highest BCUT2D eigenvalue weighted by Gasteiger charge is 2.18. The molecule has 13 heavy (non-hydrogen) atoms. The molecule has 0 saturated heterocycles. The molecule has 0 fully saturated rings. The van der Waals surface area contributed by atoms with Crippen molar-refractivity contribution in [3.8, 4) is 0 Å². The Balaban J connectivity index is 3.40. The van der Waals surface area contributed by atoms with Crippen LogP contribution < -0.4 is 9.46 Å². The van der Waals surface area contributed by atoms with Crippen molar-refractivity contribution >= 4 is 6.21 Å². The van der Waals surface area contributed by atoms with E-state index in [0.717, 1.165) is 6.21 Å². The largest absolute Gasteiger partial charge is 0.614 e. The average Bonchev–Trinajstić information content (AvgIpc) is 2.11. The number of nitrogens with zero attached hydrogens (tertiary/aromatic N) is 3. The SMILES string of the molecule is Cc1cc(/C=N/O)[n+]([O-])c(C)[n+]1[O-]. The Morgan fingerprint density at radius 3 is 2.54 bits per heavy atom. The van der Waals surface area contributed by atoms with E-state index in [2.05, 4.69) is 5.16 Å². The van der Waals surface area contributed by atoms with Gasteiger partial charge >= 0.3 is 5.82 Å². The fraction of sp³-hybridized carbons (Fsp3) is 0.286. The molecule has 1 heterocycles. The molecule has 70 valence electrons. The number of aryl methyl sites for hydroxylation is 1. The number of rotatable bonds is 1. The Morgan fingerprint density at radius 1 is 1.38 bits per heavy atom. The third kappa shape index (κ3) is 1.51. The Morgan fingerprint density at radius 2 is 2.00 bits per heavy atom. The van der Waals surface area contributed by atoms with E-state index in [4.69, 9.17) is 5.21 Å². The minimum atomic E-state index is -0.00472. The van der Waals surface area contributed by atoms with E-state index < -0.39 is 0 Å². The second-order valence-corrected chi connectivity index (χ2v) is 2.59. The monoisotopic (exact) mass is 183 g/mol. The third-order valence-electron chi connectivity index (χ3n) is 1.69. The topological polar surface area (TPSA) is 86.5 Å². The smallest absolute Gasteiger partial charge is 0.438 e. The molecule has 1 aromatic heterocycles. The van der Waals surface area contributed by atoms with E-state index in [1.54, 1.807) is 6.92 Å². The summed E-state index contributed by atoms with van der Waals surface area (Å²) < 4.78 is 0.918. The maximum Gasteiger partial charge on any atom is 0.438 e. The van der Waals surface area contributed by atoms with Crippen LogP contribution in [0.1, 0.15) is 17.2 Å². The predicted octanol–water partition coefficient (Wildman–Crippen LogP) is -0.622. The molecule has 1 N–H and O–H groups in total. The lowest BCUT2D eigenvalue weighted by molar-refractivity contribution is -0.759. The van der Waals surface area contributed by atoms with E-state index in [-0.39, 0.29) is 11.5 Å². The van der Waals surface area contributed by atoms with Crippen LogP contribution in [0.4, 0.5) is 0 Å². The highest BCUT2D eigenvalue weighted by molar-refractivity contribution is 5.74. The normalized spacial score (nSPS) is 10.9. The van der Waals surface area contributed by atoms with Crippen LogP contribution in [0.15, 0.2) is 11.2 Å². The average molecular weight is 183 g/mol.